The lowest BCUT2D eigenvalue weighted by Gasteiger charge is -2.56. The number of aromatic nitrogens is 3. The van der Waals surface area contributed by atoms with Gasteiger partial charge in [0.25, 0.3) is 0 Å². The van der Waals surface area contributed by atoms with Gasteiger partial charge in [-0.2, -0.15) is 0 Å². The van der Waals surface area contributed by atoms with Gasteiger partial charge in [-0.1, -0.05) is 11.6 Å². The van der Waals surface area contributed by atoms with Crippen molar-refractivity contribution in [2.24, 2.45) is 5.92 Å². The Bertz CT molecular complexity index is 1140. The van der Waals surface area contributed by atoms with Gasteiger partial charge in [-0.3, -0.25) is 0 Å². The van der Waals surface area contributed by atoms with E-state index >= 15 is 0 Å². The number of pyridine rings is 1. The number of anilines is 3. The van der Waals surface area contributed by atoms with Gasteiger partial charge in [-0.05, 0) is 49.7 Å². The van der Waals surface area contributed by atoms with Gasteiger partial charge in [0.15, 0.2) is 5.82 Å². The van der Waals surface area contributed by atoms with Gasteiger partial charge in [-0.15, -0.1) is 0 Å². The van der Waals surface area contributed by atoms with Crippen molar-refractivity contribution in [2.75, 3.05) is 49.7 Å². The van der Waals surface area contributed by atoms with Crippen LogP contribution in [0, 0.1) is 5.92 Å². The second kappa shape index (κ2) is 8.03. The number of benzene rings is 1. The fourth-order valence-corrected chi connectivity index (χ4v) is 4.78. The molecule has 2 aromatic heterocycles. The summed E-state index contributed by atoms with van der Waals surface area (Å²) in [5.41, 5.74) is 2.66. The second-order valence-electron chi connectivity index (χ2n) is 8.88. The van der Waals surface area contributed by atoms with E-state index < -0.39 is 0 Å². The van der Waals surface area contributed by atoms with E-state index in [1.54, 1.807) is 6.33 Å². The average Bonchev–Trinajstić information content (AvgIpc) is 3.25. The van der Waals surface area contributed by atoms with E-state index in [1.807, 2.05) is 30.3 Å². The Morgan fingerprint density at radius 3 is 2.91 bits per heavy atom. The first-order chi connectivity index (χ1) is 15.7. The number of nitrogens with one attached hydrogen (secondary N) is 2. The third-order valence-corrected chi connectivity index (χ3v) is 6.87. The molecule has 5 heterocycles. The summed E-state index contributed by atoms with van der Waals surface area (Å²) >= 11 is 6.48. The molecular formula is C23H25ClN6O2. The highest BCUT2D eigenvalue weighted by Gasteiger charge is 2.47. The summed E-state index contributed by atoms with van der Waals surface area (Å²) in [6, 6.07) is 9.70. The molecular weight excluding hydrogens is 428 g/mol. The van der Waals surface area contributed by atoms with Crippen LogP contribution < -0.4 is 20.3 Å². The Balaban J connectivity index is 1.19. The normalized spacial score (nSPS) is 21.4. The fraction of sp³-hybridized carbons (Fsp3) is 0.435. The third-order valence-electron chi connectivity index (χ3n) is 6.57. The van der Waals surface area contributed by atoms with Crippen LogP contribution in [0.25, 0.3) is 11.0 Å². The van der Waals surface area contributed by atoms with E-state index in [-0.39, 0.29) is 0 Å². The molecule has 3 fully saturated rings. The van der Waals surface area contributed by atoms with Gasteiger partial charge in [0.05, 0.1) is 29.3 Å². The number of hydrogen-bond acceptors (Lipinski definition) is 8. The average molecular weight is 453 g/mol. The molecule has 3 saturated heterocycles. The number of hydrogen-bond donors (Lipinski definition) is 2. The maximum atomic E-state index is 6.48. The Kier molecular flexibility index (Phi) is 5.01. The molecule has 0 radical (unpaired) electrons. The predicted octanol–water partition coefficient (Wildman–Crippen LogP) is 3.39. The van der Waals surface area contributed by atoms with E-state index in [0.29, 0.717) is 34.7 Å². The van der Waals surface area contributed by atoms with Gasteiger partial charge in [-0.25, -0.2) is 15.0 Å². The monoisotopic (exact) mass is 452 g/mol. The smallest absolute Gasteiger partial charge is 0.160 e. The molecule has 1 spiro atoms. The fourth-order valence-electron chi connectivity index (χ4n) is 4.55. The number of fused-ring (bicyclic) bond motifs is 1. The van der Waals surface area contributed by atoms with Gasteiger partial charge >= 0.3 is 0 Å². The van der Waals surface area contributed by atoms with Crippen LogP contribution in [0.4, 0.5) is 17.3 Å². The van der Waals surface area contributed by atoms with Crippen LogP contribution in [0.15, 0.2) is 36.7 Å². The molecule has 8 nitrogen and oxygen atoms in total. The molecule has 1 aromatic carbocycles. The molecule has 3 aliphatic rings. The highest BCUT2D eigenvalue weighted by atomic mass is 35.5. The molecule has 1 unspecified atom stereocenters. The lowest BCUT2D eigenvalue weighted by Crippen LogP contribution is -2.76. The van der Waals surface area contributed by atoms with Crippen molar-refractivity contribution in [2.45, 2.75) is 18.4 Å². The van der Waals surface area contributed by atoms with Gasteiger partial charge in [0.2, 0.25) is 0 Å². The van der Waals surface area contributed by atoms with Gasteiger partial charge in [0.1, 0.15) is 23.4 Å². The molecule has 1 atom stereocenters. The molecule has 0 amide bonds. The Hall–Kier alpha value is -2.68. The highest BCUT2D eigenvalue weighted by Crippen LogP contribution is 2.35. The molecule has 6 rings (SSSR count). The zero-order valence-electron chi connectivity index (χ0n) is 17.7. The zero-order valence-corrected chi connectivity index (χ0v) is 18.4. The standard InChI is InChI=1S/C23H25ClN6O2/c24-17-9-16(1-3-19(17)32-11-15-5-8-31-10-15)28-22-21-18(25-14-26-22)2-4-20(29-21)30-12-23(13-30)6-7-27-23/h1-4,9,14-15,27H,5-8,10-13H2,(H,25,26,28). The van der Waals surface area contributed by atoms with Crippen molar-refractivity contribution in [3.05, 3.63) is 41.7 Å². The number of nitrogens with zero attached hydrogens (tertiary/aromatic N) is 4. The summed E-state index contributed by atoms with van der Waals surface area (Å²) < 4.78 is 11.3. The predicted molar refractivity (Wildman–Crippen MR) is 124 cm³/mol. The van der Waals surface area contributed by atoms with Gasteiger partial charge < -0.3 is 25.0 Å². The maximum absolute atomic E-state index is 6.48. The molecule has 166 valence electrons. The van der Waals surface area contributed by atoms with E-state index in [4.69, 9.17) is 26.1 Å². The number of ether oxygens (including phenoxy) is 2. The van der Waals surface area contributed by atoms with Crippen molar-refractivity contribution in [3.8, 4) is 5.75 Å². The van der Waals surface area contributed by atoms with Crippen LogP contribution in [0.2, 0.25) is 5.02 Å². The molecule has 9 heteroatoms. The van der Waals surface area contributed by atoms with Crippen LogP contribution in [-0.2, 0) is 4.74 Å². The van der Waals surface area contributed by atoms with Crippen LogP contribution in [-0.4, -0.2) is 59.9 Å². The lowest BCUT2D eigenvalue weighted by atomic mass is 9.80. The Morgan fingerprint density at radius 2 is 2.16 bits per heavy atom. The molecule has 0 aliphatic carbocycles. The first kappa shape index (κ1) is 20.0. The van der Waals surface area contributed by atoms with E-state index in [9.17, 15) is 0 Å². The minimum Gasteiger partial charge on any atom is -0.492 e. The van der Waals surface area contributed by atoms with Crippen molar-refractivity contribution in [1.82, 2.24) is 20.3 Å². The van der Waals surface area contributed by atoms with E-state index in [1.165, 1.54) is 6.42 Å². The molecule has 3 aliphatic heterocycles. The summed E-state index contributed by atoms with van der Waals surface area (Å²) in [7, 11) is 0. The topological polar surface area (TPSA) is 84.4 Å². The van der Waals surface area contributed by atoms with Crippen molar-refractivity contribution in [3.63, 3.8) is 0 Å². The van der Waals surface area contributed by atoms with Crippen LogP contribution in [0.3, 0.4) is 0 Å². The summed E-state index contributed by atoms with van der Waals surface area (Å²) in [5, 5.41) is 7.44. The molecule has 0 bridgehead atoms. The minimum atomic E-state index is 0.302. The van der Waals surface area contributed by atoms with Crippen LogP contribution in [0.5, 0.6) is 5.75 Å². The number of halogens is 1. The van der Waals surface area contributed by atoms with Crippen LogP contribution >= 0.6 is 11.6 Å². The van der Waals surface area contributed by atoms with Gasteiger partial charge in [0, 0.05) is 31.3 Å². The van der Waals surface area contributed by atoms with Crippen molar-refractivity contribution >= 4 is 40.0 Å². The third kappa shape index (κ3) is 3.72. The first-order valence-electron chi connectivity index (χ1n) is 11.1. The highest BCUT2D eigenvalue weighted by molar-refractivity contribution is 6.32. The molecule has 32 heavy (non-hydrogen) atoms. The maximum Gasteiger partial charge on any atom is 0.160 e. The Morgan fingerprint density at radius 1 is 1.25 bits per heavy atom. The van der Waals surface area contributed by atoms with E-state index in [2.05, 4.69) is 25.5 Å². The lowest BCUT2D eigenvalue weighted by molar-refractivity contribution is 0.159. The summed E-state index contributed by atoms with van der Waals surface area (Å²) in [4.78, 5) is 16.0. The minimum absolute atomic E-state index is 0.302. The quantitative estimate of drug-likeness (QED) is 0.588. The molecule has 0 saturated carbocycles. The SMILES string of the molecule is Clc1cc(Nc2ncnc3ccc(N4CC5(CCN5)C4)nc23)ccc1OCC1CCOC1. The van der Waals surface area contributed by atoms with Crippen LogP contribution in [0.1, 0.15) is 12.8 Å². The number of rotatable bonds is 6. The second-order valence-corrected chi connectivity index (χ2v) is 9.29. The largest absolute Gasteiger partial charge is 0.492 e. The molecule has 2 N–H and O–H groups in total. The summed E-state index contributed by atoms with van der Waals surface area (Å²) in [6.07, 6.45) is 3.82. The van der Waals surface area contributed by atoms with Crippen molar-refractivity contribution < 1.29 is 9.47 Å². The zero-order chi connectivity index (χ0) is 21.5. The summed E-state index contributed by atoms with van der Waals surface area (Å²) in [5.74, 6) is 2.71. The van der Waals surface area contributed by atoms with E-state index in [0.717, 1.165) is 61.8 Å². The molecule has 3 aromatic rings. The van der Waals surface area contributed by atoms with Crippen molar-refractivity contribution in [1.29, 1.82) is 0 Å². The Labute approximate surface area is 191 Å². The summed E-state index contributed by atoms with van der Waals surface area (Å²) in [6.45, 7) is 5.27. The first-order valence-corrected chi connectivity index (χ1v) is 11.4.